The van der Waals surface area contributed by atoms with Crippen LogP contribution in [0.1, 0.15) is 49.5 Å². The van der Waals surface area contributed by atoms with Crippen LogP contribution in [0.2, 0.25) is 0 Å². The molecule has 0 radical (unpaired) electrons. The number of nitrogens with two attached hydrogens (primary N) is 1. The number of hydrogen-bond donors (Lipinski definition) is 6. The molecule has 0 spiro atoms. The SMILES string of the molecule is C=CCC(O)c1ccc(OC)c(-c2ccc(O)c3c2C[C@H]2C[C@H]4[C@H](C(C)C)C(=O)C(C(N)=O)=C(O)[C@@]4(O)C(=O)C2=C3O)c1. The molecule has 3 aliphatic rings. The van der Waals surface area contributed by atoms with E-state index in [1.807, 2.05) is 0 Å². The summed E-state index contributed by atoms with van der Waals surface area (Å²) in [5, 5.41) is 55.9. The van der Waals surface area contributed by atoms with Gasteiger partial charge in [-0.1, -0.05) is 32.1 Å². The Bertz CT molecular complexity index is 1630. The number of ketones is 2. The number of ether oxygens (including phenoxy) is 1. The molecule has 0 heterocycles. The van der Waals surface area contributed by atoms with Crippen molar-refractivity contribution in [2.75, 3.05) is 7.11 Å². The van der Waals surface area contributed by atoms with Gasteiger partial charge in [-0.15, -0.1) is 6.58 Å². The van der Waals surface area contributed by atoms with Crippen LogP contribution < -0.4 is 10.5 Å². The highest BCUT2D eigenvalue weighted by Crippen LogP contribution is 2.55. The fourth-order valence-electron chi connectivity index (χ4n) is 7.17. The van der Waals surface area contributed by atoms with Crippen molar-refractivity contribution in [2.45, 2.75) is 44.8 Å². The molecular weight excluding hydrogens is 554 g/mol. The largest absolute Gasteiger partial charge is 0.508 e. The molecule has 0 bridgehead atoms. The van der Waals surface area contributed by atoms with Crippen LogP contribution in [-0.2, 0) is 20.8 Å². The number of carbonyl (C=O) groups is 3. The maximum Gasteiger partial charge on any atom is 0.255 e. The number of rotatable bonds is 7. The summed E-state index contributed by atoms with van der Waals surface area (Å²) in [5.41, 5.74) is 3.92. The molecule has 0 aromatic heterocycles. The third-order valence-corrected chi connectivity index (χ3v) is 9.14. The fourth-order valence-corrected chi connectivity index (χ4v) is 7.17. The standard InChI is InChI=1S/C33H35NO9/c1-5-6-21(35)15-7-10-23(43-4)18(11-15)17-8-9-22(36)26-19(17)12-16-13-20-24(14(2)3)28(37)27(32(34)41)31(40)33(20,42)30(39)25(16)29(26)38/h5,7-11,14,16,20-21,24,35-36,38,40,42H,1,6,12-13H2,2-4H3,(H2,34,41)/t16-,20-,21?,24-,33-/m0/s1. The number of Topliss-reactive ketones (excluding diaryl/α,β-unsaturated/α-hetero) is 2. The quantitative estimate of drug-likeness (QED) is 0.207. The molecule has 1 saturated carbocycles. The summed E-state index contributed by atoms with van der Waals surface area (Å²) in [4.78, 5) is 39.6. The number of fused-ring (bicyclic) bond motifs is 3. The molecule has 10 nitrogen and oxygen atoms in total. The highest BCUT2D eigenvalue weighted by atomic mass is 16.5. The molecule has 43 heavy (non-hydrogen) atoms. The molecule has 7 N–H and O–H groups in total. The smallest absolute Gasteiger partial charge is 0.255 e. The van der Waals surface area contributed by atoms with Gasteiger partial charge in [0.1, 0.15) is 28.6 Å². The Kier molecular flexibility index (Phi) is 7.48. The van der Waals surface area contributed by atoms with Crippen LogP contribution in [0.3, 0.4) is 0 Å². The Balaban J connectivity index is 1.73. The van der Waals surface area contributed by atoms with Crippen molar-refractivity contribution in [1.82, 2.24) is 0 Å². The van der Waals surface area contributed by atoms with E-state index in [1.54, 1.807) is 44.2 Å². The van der Waals surface area contributed by atoms with Gasteiger partial charge < -0.3 is 36.0 Å². The van der Waals surface area contributed by atoms with Gasteiger partial charge in [0.25, 0.3) is 5.91 Å². The van der Waals surface area contributed by atoms with Crippen LogP contribution in [0.4, 0.5) is 0 Å². The van der Waals surface area contributed by atoms with E-state index in [9.17, 15) is 39.9 Å². The fraction of sp³-hybridized carbons (Fsp3) is 0.364. The van der Waals surface area contributed by atoms with Crippen LogP contribution in [0.15, 0.2) is 59.9 Å². The maximum absolute atomic E-state index is 14.1. The van der Waals surface area contributed by atoms with E-state index in [4.69, 9.17) is 10.5 Å². The molecule has 1 fully saturated rings. The van der Waals surface area contributed by atoms with Crippen LogP contribution >= 0.6 is 0 Å². The van der Waals surface area contributed by atoms with Gasteiger partial charge in [0.05, 0.1) is 18.8 Å². The average molecular weight is 590 g/mol. The van der Waals surface area contributed by atoms with E-state index in [0.717, 1.165) is 0 Å². The number of hydrogen-bond acceptors (Lipinski definition) is 9. The third-order valence-electron chi connectivity index (χ3n) is 9.14. The van der Waals surface area contributed by atoms with E-state index in [0.29, 0.717) is 34.4 Å². The van der Waals surface area contributed by atoms with Gasteiger partial charge in [-0.25, -0.2) is 0 Å². The molecule has 226 valence electrons. The first-order valence-corrected chi connectivity index (χ1v) is 14.1. The Morgan fingerprint density at radius 1 is 1.16 bits per heavy atom. The summed E-state index contributed by atoms with van der Waals surface area (Å²) >= 11 is 0. The molecule has 1 unspecified atom stereocenters. The predicted octanol–water partition coefficient (Wildman–Crippen LogP) is 3.59. The number of amides is 1. The molecule has 5 atom stereocenters. The van der Waals surface area contributed by atoms with Crippen molar-refractivity contribution in [1.29, 1.82) is 0 Å². The number of phenols is 1. The molecule has 1 amide bonds. The molecule has 10 heteroatoms. The van der Waals surface area contributed by atoms with Crippen LogP contribution in [0.25, 0.3) is 16.9 Å². The predicted molar refractivity (Wildman–Crippen MR) is 157 cm³/mol. The zero-order valence-corrected chi connectivity index (χ0v) is 24.1. The lowest BCUT2D eigenvalue weighted by Crippen LogP contribution is -2.62. The van der Waals surface area contributed by atoms with Crippen molar-refractivity contribution >= 4 is 23.2 Å². The Hall–Kier alpha value is -4.41. The number of aromatic hydroxyl groups is 1. The summed E-state index contributed by atoms with van der Waals surface area (Å²) in [6.45, 7) is 7.10. The second-order valence-electron chi connectivity index (χ2n) is 11.8. The summed E-state index contributed by atoms with van der Waals surface area (Å²) in [7, 11) is 1.49. The average Bonchev–Trinajstić information content (AvgIpc) is 2.94. The zero-order valence-electron chi connectivity index (χ0n) is 24.1. The lowest BCUT2D eigenvalue weighted by atomic mass is 9.54. The van der Waals surface area contributed by atoms with Crippen LogP contribution in [-0.4, -0.2) is 55.7 Å². The van der Waals surface area contributed by atoms with Gasteiger partial charge >= 0.3 is 0 Å². The first-order valence-electron chi connectivity index (χ1n) is 14.1. The van der Waals surface area contributed by atoms with Crippen LogP contribution in [0.5, 0.6) is 11.5 Å². The van der Waals surface area contributed by atoms with E-state index in [2.05, 4.69) is 6.58 Å². The monoisotopic (exact) mass is 589 g/mol. The highest BCUT2D eigenvalue weighted by Gasteiger charge is 2.64. The highest BCUT2D eigenvalue weighted by molar-refractivity contribution is 6.23. The molecule has 0 aliphatic heterocycles. The van der Waals surface area contributed by atoms with Gasteiger partial charge in [-0.3, -0.25) is 14.4 Å². The Morgan fingerprint density at radius 3 is 2.47 bits per heavy atom. The number of primary amides is 1. The van der Waals surface area contributed by atoms with Gasteiger partial charge in [0.2, 0.25) is 5.78 Å². The molecule has 2 aromatic carbocycles. The first-order chi connectivity index (χ1) is 20.3. The van der Waals surface area contributed by atoms with Gasteiger partial charge in [-0.05, 0) is 66.0 Å². The Labute approximate surface area is 248 Å². The minimum absolute atomic E-state index is 0.0100. The first kappa shape index (κ1) is 30.1. The van der Waals surface area contributed by atoms with Crippen molar-refractivity contribution in [2.24, 2.45) is 29.4 Å². The number of benzene rings is 2. The summed E-state index contributed by atoms with van der Waals surface area (Å²) in [6, 6.07) is 8.20. The van der Waals surface area contributed by atoms with Gasteiger partial charge in [0.15, 0.2) is 11.4 Å². The van der Waals surface area contributed by atoms with Crippen molar-refractivity contribution in [3.05, 3.63) is 76.6 Å². The lowest BCUT2D eigenvalue weighted by Gasteiger charge is -2.50. The topological polar surface area (TPSA) is 188 Å². The molecular formula is C33H35NO9. The zero-order chi connectivity index (χ0) is 31.5. The Morgan fingerprint density at radius 2 is 1.86 bits per heavy atom. The van der Waals surface area contributed by atoms with E-state index in [-0.39, 0.29) is 29.7 Å². The summed E-state index contributed by atoms with van der Waals surface area (Å²) in [5.74, 6) is -7.84. The van der Waals surface area contributed by atoms with E-state index >= 15 is 0 Å². The molecule has 0 saturated heterocycles. The van der Waals surface area contributed by atoms with E-state index in [1.165, 1.54) is 13.2 Å². The number of phenolic OH excluding ortho intramolecular Hbond substituents is 1. The van der Waals surface area contributed by atoms with Crippen molar-refractivity contribution < 1.29 is 44.7 Å². The van der Waals surface area contributed by atoms with Gasteiger partial charge in [-0.2, -0.15) is 0 Å². The minimum atomic E-state index is -2.67. The molecule has 3 aliphatic carbocycles. The summed E-state index contributed by atoms with van der Waals surface area (Å²) < 4.78 is 5.61. The normalized spacial score (nSPS) is 25.7. The number of aliphatic hydroxyl groups is 4. The van der Waals surface area contributed by atoms with Crippen LogP contribution in [0, 0.1) is 23.7 Å². The van der Waals surface area contributed by atoms with E-state index < -0.39 is 69.9 Å². The third kappa shape index (κ3) is 4.35. The second-order valence-corrected chi connectivity index (χ2v) is 11.8. The maximum atomic E-state index is 14.1. The number of carbonyl (C=O) groups excluding carboxylic acids is 3. The summed E-state index contributed by atoms with van der Waals surface area (Å²) in [6.07, 6.45) is 1.23. The second kappa shape index (κ2) is 10.7. The number of methoxy groups -OCH3 is 1. The van der Waals surface area contributed by atoms with Crippen molar-refractivity contribution in [3.63, 3.8) is 0 Å². The number of aliphatic hydroxyl groups excluding tert-OH is 3. The van der Waals surface area contributed by atoms with Crippen molar-refractivity contribution in [3.8, 4) is 22.6 Å². The molecule has 2 aromatic rings. The van der Waals surface area contributed by atoms with Gasteiger partial charge in [0, 0.05) is 23.0 Å². The molecule has 5 rings (SSSR count). The minimum Gasteiger partial charge on any atom is -0.508 e. The lowest BCUT2D eigenvalue weighted by molar-refractivity contribution is -0.155.